The fraction of sp³-hybridized carbons (Fsp3) is 0.250. The summed E-state index contributed by atoms with van der Waals surface area (Å²) in [7, 11) is 0. The summed E-state index contributed by atoms with van der Waals surface area (Å²) < 4.78 is 49.4. The molecule has 6 rings (SSSR count). The number of aryl methyl sites for hydroxylation is 1. The van der Waals surface area contributed by atoms with Gasteiger partial charge in [-0.15, -0.1) is 0 Å². The molecule has 0 radical (unpaired) electrons. The van der Waals surface area contributed by atoms with E-state index in [-0.39, 0.29) is 32.0 Å². The maximum Gasteiger partial charge on any atom is 0.328 e. The predicted molar refractivity (Wildman–Crippen MR) is 197 cm³/mol. The topological polar surface area (TPSA) is 83.5 Å². The molecule has 5 aromatic rings. The van der Waals surface area contributed by atoms with Crippen LogP contribution in [0.5, 0.6) is 0 Å². The van der Waals surface area contributed by atoms with Crippen molar-refractivity contribution in [1.29, 1.82) is 0 Å². The average Bonchev–Trinajstić information content (AvgIpc) is 3.16. The molecule has 0 spiro atoms. The van der Waals surface area contributed by atoms with Gasteiger partial charge >= 0.3 is 5.97 Å². The Hall–Kier alpha value is -4.96. The Balaban J connectivity index is 1.43. The number of ether oxygens (including phenoxy) is 5. The number of rotatable bonds is 16. The van der Waals surface area contributed by atoms with Gasteiger partial charge in [0.15, 0.2) is 0 Å². The zero-order valence-electron chi connectivity index (χ0n) is 29.1. The Kier molecular flexibility index (Phi) is 13.1. The van der Waals surface area contributed by atoms with Crippen LogP contribution in [-0.2, 0) is 54.9 Å². The number of halogens is 1. The van der Waals surface area contributed by atoms with E-state index in [1.807, 2.05) is 127 Å². The van der Waals surface area contributed by atoms with E-state index >= 15 is 4.39 Å². The normalized spacial score (nSPS) is 20.2. The summed E-state index contributed by atoms with van der Waals surface area (Å²) in [6.07, 6.45) is -1.60. The van der Waals surface area contributed by atoms with E-state index in [1.165, 1.54) is 12.1 Å². The van der Waals surface area contributed by atoms with Crippen LogP contribution < -0.4 is 0 Å². The molecule has 1 heterocycles. The monoisotopic (exact) mass is 702 g/mol. The second kappa shape index (κ2) is 18.5. The van der Waals surface area contributed by atoms with Gasteiger partial charge in [0, 0.05) is 11.6 Å². The maximum absolute atomic E-state index is 15.8. The van der Waals surface area contributed by atoms with Crippen molar-refractivity contribution in [1.82, 2.24) is 0 Å². The minimum absolute atomic E-state index is 0.0979. The van der Waals surface area contributed by atoms with Crippen LogP contribution in [-0.4, -0.2) is 42.1 Å². The number of hydrogen-bond acceptors (Lipinski definition) is 6. The van der Waals surface area contributed by atoms with Gasteiger partial charge < -0.3 is 28.8 Å². The lowest BCUT2D eigenvalue weighted by Crippen LogP contribution is -2.58. The molecule has 268 valence electrons. The van der Waals surface area contributed by atoms with Crippen LogP contribution in [0.2, 0.25) is 0 Å². The number of carboxylic acid groups (broad SMARTS) is 1. The first-order valence-electron chi connectivity index (χ1n) is 17.4. The summed E-state index contributed by atoms with van der Waals surface area (Å²) in [5, 5.41) is 9.51. The van der Waals surface area contributed by atoms with Crippen molar-refractivity contribution in [3.8, 4) is 0 Å². The molecule has 0 saturated carbocycles. The van der Waals surface area contributed by atoms with E-state index in [4.69, 9.17) is 23.7 Å². The third-order valence-electron chi connectivity index (χ3n) is 8.89. The molecule has 0 bridgehead atoms. The summed E-state index contributed by atoms with van der Waals surface area (Å²) in [6.45, 7) is 3.00. The first kappa shape index (κ1) is 36.8. The van der Waals surface area contributed by atoms with Crippen molar-refractivity contribution in [2.75, 3.05) is 6.61 Å². The van der Waals surface area contributed by atoms with Gasteiger partial charge in [-0.05, 0) is 52.4 Å². The molecule has 7 nitrogen and oxygen atoms in total. The van der Waals surface area contributed by atoms with Crippen molar-refractivity contribution in [2.24, 2.45) is 0 Å². The minimum Gasteiger partial charge on any atom is -0.478 e. The molecule has 1 saturated heterocycles. The molecule has 1 aliphatic heterocycles. The van der Waals surface area contributed by atoms with Gasteiger partial charge in [-0.3, -0.25) is 0 Å². The molecule has 5 atom stereocenters. The van der Waals surface area contributed by atoms with Gasteiger partial charge in [0.1, 0.15) is 36.3 Å². The Bertz CT molecular complexity index is 1870. The molecular weight excluding hydrogens is 659 g/mol. The van der Waals surface area contributed by atoms with Gasteiger partial charge in [0.25, 0.3) is 0 Å². The summed E-state index contributed by atoms with van der Waals surface area (Å²) >= 11 is 0. The van der Waals surface area contributed by atoms with Crippen LogP contribution in [0, 0.1) is 12.7 Å². The number of benzene rings is 5. The van der Waals surface area contributed by atoms with Crippen molar-refractivity contribution in [3.05, 3.63) is 184 Å². The Morgan fingerprint density at radius 3 is 1.63 bits per heavy atom. The standard InChI is InChI=1S/C44H43FO7/c1-31-24-37(36(38(45)25-31)22-23-40(46)47)41-43(50-28-34-18-10-4-11-19-34)44(51-29-35-20-12-5-13-21-35)42(49-27-33-16-8-3-9-17-33)39(52-41)30-48-26-32-14-6-2-7-15-32/h2-25,39,41-44H,26-30H2,1H3,(H,46,47)/b23-22+/t39-,41-,42-,43-,44+/m1/s1. The van der Waals surface area contributed by atoms with Crippen LogP contribution in [0.25, 0.3) is 6.08 Å². The third kappa shape index (κ3) is 10.1. The zero-order valence-corrected chi connectivity index (χ0v) is 29.1. The Labute approximate surface area is 304 Å². The van der Waals surface area contributed by atoms with Crippen molar-refractivity contribution in [3.63, 3.8) is 0 Å². The molecule has 1 N–H and O–H groups in total. The lowest BCUT2D eigenvalue weighted by molar-refractivity contribution is -0.275. The quantitative estimate of drug-likeness (QED) is 0.103. The highest BCUT2D eigenvalue weighted by Crippen LogP contribution is 2.41. The van der Waals surface area contributed by atoms with Crippen LogP contribution in [0.15, 0.2) is 140 Å². The second-order valence-corrected chi connectivity index (χ2v) is 12.8. The third-order valence-corrected chi connectivity index (χ3v) is 8.89. The first-order valence-corrected chi connectivity index (χ1v) is 17.4. The van der Waals surface area contributed by atoms with E-state index in [2.05, 4.69) is 0 Å². The summed E-state index contributed by atoms with van der Waals surface area (Å²) in [4.78, 5) is 11.6. The van der Waals surface area contributed by atoms with Crippen LogP contribution >= 0.6 is 0 Å². The molecule has 0 unspecified atom stereocenters. The molecule has 0 amide bonds. The molecule has 5 aromatic carbocycles. The summed E-state index contributed by atoms with van der Waals surface area (Å²) in [6, 6.07) is 42.5. The van der Waals surface area contributed by atoms with E-state index < -0.39 is 42.3 Å². The van der Waals surface area contributed by atoms with Gasteiger partial charge in [-0.1, -0.05) is 127 Å². The second-order valence-electron chi connectivity index (χ2n) is 12.8. The molecule has 1 aliphatic rings. The summed E-state index contributed by atoms with van der Waals surface area (Å²) in [5.41, 5.74) is 5.04. The molecular formula is C44H43FO7. The lowest BCUT2D eigenvalue weighted by atomic mass is 9.87. The molecule has 8 heteroatoms. The fourth-order valence-electron chi connectivity index (χ4n) is 6.39. The van der Waals surface area contributed by atoms with Crippen molar-refractivity contribution >= 4 is 12.0 Å². The fourth-order valence-corrected chi connectivity index (χ4v) is 6.39. The van der Waals surface area contributed by atoms with E-state index in [9.17, 15) is 9.90 Å². The largest absolute Gasteiger partial charge is 0.478 e. The smallest absolute Gasteiger partial charge is 0.328 e. The number of carboxylic acids is 1. The van der Waals surface area contributed by atoms with Gasteiger partial charge in [0.2, 0.25) is 0 Å². The molecule has 1 fully saturated rings. The zero-order chi connectivity index (χ0) is 36.1. The minimum atomic E-state index is -1.20. The highest BCUT2D eigenvalue weighted by molar-refractivity contribution is 5.85. The number of aliphatic carboxylic acids is 1. The van der Waals surface area contributed by atoms with E-state index in [0.29, 0.717) is 17.7 Å². The molecule has 52 heavy (non-hydrogen) atoms. The van der Waals surface area contributed by atoms with Crippen molar-refractivity contribution < 1.29 is 38.0 Å². The average molecular weight is 703 g/mol. The highest BCUT2D eigenvalue weighted by atomic mass is 19.1. The maximum atomic E-state index is 15.8. The highest BCUT2D eigenvalue weighted by Gasteiger charge is 2.49. The SMILES string of the molecule is Cc1cc(F)c(/C=C/C(=O)O)c([C@H]2O[C@H](COCc3ccccc3)[C@@H](OCc3ccccc3)[C@H](OCc3ccccc3)[C@@H]2OCc2ccccc2)c1. The van der Waals surface area contributed by atoms with Crippen LogP contribution in [0.4, 0.5) is 4.39 Å². The Morgan fingerprint density at radius 1 is 0.673 bits per heavy atom. The van der Waals surface area contributed by atoms with Gasteiger partial charge in [-0.2, -0.15) is 0 Å². The molecule has 0 aromatic heterocycles. The van der Waals surface area contributed by atoms with Gasteiger partial charge in [-0.25, -0.2) is 9.18 Å². The Morgan fingerprint density at radius 2 is 1.13 bits per heavy atom. The predicted octanol–water partition coefficient (Wildman–Crippen LogP) is 8.64. The van der Waals surface area contributed by atoms with E-state index in [1.54, 1.807) is 6.92 Å². The first-order chi connectivity index (χ1) is 25.4. The molecule has 0 aliphatic carbocycles. The number of carbonyl (C=O) groups is 1. The summed E-state index contributed by atoms with van der Waals surface area (Å²) in [5.74, 6) is -1.77. The lowest BCUT2D eigenvalue weighted by Gasteiger charge is -2.47. The van der Waals surface area contributed by atoms with E-state index in [0.717, 1.165) is 28.3 Å². The van der Waals surface area contributed by atoms with Crippen molar-refractivity contribution in [2.45, 2.75) is 63.9 Å². The number of hydrogen-bond donors (Lipinski definition) is 1. The van der Waals surface area contributed by atoms with Gasteiger partial charge in [0.05, 0.1) is 33.0 Å². The van der Waals surface area contributed by atoms with Crippen LogP contribution in [0.3, 0.4) is 0 Å². The van der Waals surface area contributed by atoms with Crippen LogP contribution in [0.1, 0.15) is 45.0 Å².